The van der Waals surface area contributed by atoms with Crippen LogP contribution >= 0.6 is 0 Å². The van der Waals surface area contributed by atoms with Crippen molar-refractivity contribution in [3.8, 4) is 0 Å². The van der Waals surface area contributed by atoms with Crippen LogP contribution in [-0.4, -0.2) is 22.6 Å². The summed E-state index contributed by atoms with van der Waals surface area (Å²) in [6.07, 6.45) is 1.61. The lowest BCUT2D eigenvalue weighted by molar-refractivity contribution is 0.0958. The number of carbonyl (C=O) groups is 1. The summed E-state index contributed by atoms with van der Waals surface area (Å²) in [7, 11) is 1.59. The van der Waals surface area contributed by atoms with Gasteiger partial charge in [0.2, 0.25) is 0 Å². The molecular formula is C13H16N4O. The number of rotatable bonds is 3. The van der Waals surface area contributed by atoms with E-state index in [4.69, 9.17) is 0 Å². The molecule has 5 heteroatoms. The number of hydrogen-bond acceptors (Lipinski definition) is 3. The molecule has 1 amide bonds. The van der Waals surface area contributed by atoms with E-state index >= 15 is 0 Å². The van der Waals surface area contributed by atoms with Crippen molar-refractivity contribution in [2.75, 3.05) is 12.5 Å². The quantitative estimate of drug-likeness (QED) is 0.864. The van der Waals surface area contributed by atoms with Crippen LogP contribution in [0.15, 0.2) is 30.5 Å². The Labute approximate surface area is 106 Å². The highest BCUT2D eigenvalue weighted by atomic mass is 16.1. The number of aryl methyl sites for hydroxylation is 2. The lowest BCUT2D eigenvalue weighted by Gasteiger charge is -2.13. The van der Waals surface area contributed by atoms with Gasteiger partial charge in [-0.05, 0) is 38.1 Å². The molecule has 0 aliphatic heterocycles. The third kappa shape index (κ3) is 2.34. The molecular weight excluding hydrogens is 228 g/mol. The Morgan fingerprint density at radius 1 is 1.22 bits per heavy atom. The molecule has 0 unspecified atom stereocenters. The molecule has 0 aliphatic carbocycles. The van der Waals surface area contributed by atoms with Crippen molar-refractivity contribution < 1.29 is 4.79 Å². The molecule has 0 bridgehead atoms. The highest BCUT2D eigenvalue weighted by Crippen LogP contribution is 2.12. The van der Waals surface area contributed by atoms with Crippen LogP contribution in [0.4, 0.5) is 5.69 Å². The molecule has 0 atom stereocenters. The molecule has 0 fully saturated rings. The smallest absolute Gasteiger partial charge is 0.269 e. The average molecular weight is 244 g/mol. The van der Waals surface area contributed by atoms with E-state index in [0.717, 1.165) is 17.1 Å². The van der Waals surface area contributed by atoms with E-state index in [9.17, 15) is 4.79 Å². The topological polar surface area (TPSA) is 59.0 Å². The Hall–Kier alpha value is -2.30. The molecule has 0 aliphatic rings. The van der Waals surface area contributed by atoms with E-state index in [1.54, 1.807) is 19.3 Å². The summed E-state index contributed by atoms with van der Waals surface area (Å²) in [6, 6.07) is 7.61. The molecule has 2 aromatic heterocycles. The van der Waals surface area contributed by atoms with Gasteiger partial charge in [-0.3, -0.25) is 19.9 Å². The fourth-order valence-electron chi connectivity index (χ4n) is 1.73. The van der Waals surface area contributed by atoms with E-state index in [1.807, 2.05) is 36.7 Å². The van der Waals surface area contributed by atoms with Gasteiger partial charge < -0.3 is 5.32 Å². The van der Waals surface area contributed by atoms with Crippen LogP contribution in [0.2, 0.25) is 0 Å². The number of hydrogen-bond donors (Lipinski definition) is 2. The van der Waals surface area contributed by atoms with Gasteiger partial charge in [0.05, 0.1) is 5.69 Å². The minimum absolute atomic E-state index is 0.195. The SMILES string of the molecule is CNC(=O)c1cc(Nn2c(C)ccc2C)ccn1. The first kappa shape index (κ1) is 12.2. The van der Waals surface area contributed by atoms with E-state index in [-0.39, 0.29) is 5.91 Å². The maximum Gasteiger partial charge on any atom is 0.269 e. The van der Waals surface area contributed by atoms with Gasteiger partial charge in [0, 0.05) is 24.6 Å². The molecule has 2 N–H and O–H groups in total. The summed E-state index contributed by atoms with van der Waals surface area (Å²) in [5.74, 6) is -0.195. The fourth-order valence-corrected chi connectivity index (χ4v) is 1.73. The third-order valence-electron chi connectivity index (χ3n) is 2.73. The van der Waals surface area contributed by atoms with E-state index in [1.165, 1.54) is 0 Å². The van der Waals surface area contributed by atoms with Crippen LogP contribution in [0.5, 0.6) is 0 Å². The standard InChI is InChI=1S/C13H16N4O/c1-9-4-5-10(2)17(9)16-11-6-7-15-12(8-11)13(18)14-3/h4-8H,1-3H3,(H,14,18)(H,15,16). The Bertz CT molecular complexity index is 555. The van der Waals surface area contributed by atoms with Gasteiger partial charge in [0.25, 0.3) is 5.91 Å². The van der Waals surface area contributed by atoms with Crippen LogP contribution in [0.25, 0.3) is 0 Å². The van der Waals surface area contributed by atoms with Crippen LogP contribution in [0.3, 0.4) is 0 Å². The van der Waals surface area contributed by atoms with Crippen molar-refractivity contribution >= 4 is 11.6 Å². The number of aromatic nitrogens is 2. The monoisotopic (exact) mass is 244 g/mol. The van der Waals surface area contributed by atoms with Gasteiger partial charge in [0.1, 0.15) is 5.69 Å². The largest absolute Gasteiger partial charge is 0.354 e. The highest BCUT2D eigenvalue weighted by molar-refractivity contribution is 5.92. The molecule has 0 saturated carbocycles. The predicted molar refractivity (Wildman–Crippen MR) is 70.6 cm³/mol. The summed E-state index contributed by atoms with van der Waals surface area (Å²) in [5.41, 5.74) is 6.66. The number of nitrogens with one attached hydrogen (secondary N) is 2. The first-order valence-electron chi connectivity index (χ1n) is 5.72. The first-order chi connectivity index (χ1) is 8.61. The maximum atomic E-state index is 11.5. The summed E-state index contributed by atoms with van der Waals surface area (Å²) in [5, 5.41) is 2.55. The van der Waals surface area contributed by atoms with Crippen LogP contribution < -0.4 is 10.7 Å². The molecule has 0 aromatic carbocycles. The van der Waals surface area contributed by atoms with Crippen LogP contribution in [0, 0.1) is 13.8 Å². The number of amides is 1. The first-order valence-corrected chi connectivity index (χ1v) is 5.72. The van der Waals surface area contributed by atoms with Crippen molar-refractivity contribution in [2.45, 2.75) is 13.8 Å². The van der Waals surface area contributed by atoms with Crippen molar-refractivity contribution in [2.24, 2.45) is 0 Å². The van der Waals surface area contributed by atoms with Gasteiger partial charge in [-0.15, -0.1) is 0 Å². The minimum Gasteiger partial charge on any atom is -0.354 e. The molecule has 94 valence electrons. The van der Waals surface area contributed by atoms with Crippen molar-refractivity contribution in [1.29, 1.82) is 0 Å². The highest BCUT2D eigenvalue weighted by Gasteiger charge is 2.06. The second-order valence-electron chi connectivity index (χ2n) is 4.07. The molecule has 2 heterocycles. The van der Waals surface area contributed by atoms with Crippen molar-refractivity contribution in [1.82, 2.24) is 15.0 Å². The minimum atomic E-state index is -0.195. The van der Waals surface area contributed by atoms with Gasteiger partial charge >= 0.3 is 0 Å². The summed E-state index contributed by atoms with van der Waals surface area (Å²) in [6.45, 7) is 4.03. The van der Waals surface area contributed by atoms with E-state index in [2.05, 4.69) is 15.7 Å². The predicted octanol–water partition coefficient (Wildman–Crippen LogP) is 1.73. The van der Waals surface area contributed by atoms with Gasteiger partial charge in [-0.25, -0.2) is 0 Å². The number of nitrogens with zero attached hydrogens (tertiary/aromatic N) is 2. The van der Waals surface area contributed by atoms with E-state index < -0.39 is 0 Å². The molecule has 2 aromatic rings. The summed E-state index contributed by atoms with van der Waals surface area (Å²) >= 11 is 0. The Morgan fingerprint density at radius 3 is 2.50 bits per heavy atom. The van der Waals surface area contributed by atoms with Gasteiger partial charge in [-0.2, -0.15) is 0 Å². The third-order valence-corrected chi connectivity index (χ3v) is 2.73. The van der Waals surface area contributed by atoms with Crippen LogP contribution in [0.1, 0.15) is 21.9 Å². The lowest BCUT2D eigenvalue weighted by Crippen LogP contribution is -2.20. The van der Waals surface area contributed by atoms with Crippen molar-refractivity contribution in [3.63, 3.8) is 0 Å². The summed E-state index contributed by atoms with van der Waals surface area (Å²) < 4.78 is 1.96. The van der Waals surface area contributed by atoms with Gasteiger partial charge in [-0.1, -0.05) is 0 Å². The normalized spacial score (nSPS) is 10.2. The van der Waals surface area contributed by atoms with Crippen LogP contribution in [-0.2, 0) is 0 Å². The number of carbonyl (C=O) groups excluding carboxylic acids is 1. The van der Waals surface area contributed by atoms with Crippen molar-refractivity contribution in [3.05, 3.63) is 47.5 Å². The second-order valence-corrected chi connectivity index (χ2v) is 4.07. The van der Waals surface area contributed by atoms with E-state index in [0.29, 0.717) is 5.69 Å². The zero-order valence-electron chi connectivity index (χ0n) is 10.7. The Morgan fingerprint density at radius 2 is 1.89 bits per heavy atom. The summed E-state index contributed by atoms with van der Waals surface area (Å²) in [4.78, 5) is 15.5. The average Bonchev–Trinajstić information content (AvgIpc) is 2.70. The van der Waals surface area contributed by atoms with Gasteiger partial charge in [0.15, 0.2) is 0 Å². The fraction of sp³-hybridized carbons (Fsp3) is 0.231. The molecule has 0 spiro atoms. The molecule has 5 nitrogen and oxygen atoms in total. The number of anilines is 1. The molecule has 0 saturated heterocycles. The molecule has 0 radical (unpaired) electrons. The maximum absolute atomic E-state index is 11.5. The Balaban J connectivity index is 2.27. The lowest BCUT2D eigenvalue weighted by atomic mass is 10.3. The Kier molecular flexibility index (Phi) is 3.32. The molecule has 2 rings (SSSR count). The molecule has 18 heavy (non-hydrogen) atoms. The zero-order valence-corrected chi connectivity index (χ0v) is 10.7. The number of pyridine rings is 1. The second kappa shape index (κ2) is 4.91. The zero-order chi connectivity index (χ0) is 13.1.